The standard InChI is InChI=1S/C18H14Cl2N2O2S/c1-22(18(24)16(19)20)13-6-2-11(3-7-13)15-10-25-17(21-15)12-4-8-14(23)9-5-12/h2-10,16,23H,1H3. The first-order chi connectivity index (χ1) is 12.0. The first-order valence-corrected chi connectivity index (χ1v) is 9.12. The number of thiazole rings is 1. The Hall–Kier alpha value is -2.08. The van der Waals surface area contributed by atoms with Crippen LogP contribution in [0, 0.1) is 0 Å². The Kier molecular flexibility index (Phi) is 5.27. The summed E-state index contributed by atoms with van der Waals surface area (Å²) in [5, 5.41) is 12.2. The van der Waals surface area contributed by atoms with E-state index in [9.17, 15) is 9.90 Å². The number of carbonyl (C=O) groups excluding carboxylic acids is 1. The van der Waals surface area contributed by atoms with Crippen LogP contribution in [0.25, 0.3) is 21.8 Å². The number of aromatic hydroxyl groups is 1. The van der Waals surface area contributed by atoms with Crippen LogP contribution < -0.4 is 4.90 Å². The summed E-state index contributed by atoms with van der Waals surface area (Å²) in [6.07, 6.45) is 0. The molecular formula is C18H14Cl2N2O2S. The second kappa shape index (κ2) is 7.44. The molecule has 0 fully saturated rings. The molecule has 1 N–H and O–H groups in total. The van der Waals surface area contributed by atoms with Crippen LogP contribution in [0.2, 0.25) is 0 Å². The van der Waals surface area contributed by atoms with Gasteiger partial charge in [-0.05, 0) is 36.4 Å². The SMILES string of the molecule is CN(C(=O)C(Cl)Cl)c1ccc(-c2csc(-c3ccc(O)cc3)n2)cc1. The number of anilines is 1. The molecule has 0 bridgehead atoms. The molecule has 0 aliphatic heterocycles. The number of alkyl halides is 2. The Morgan fingerprint density at radius 3 is 2.28 bits per heavy atom. The van der Waals surface area contributed by atoms with Crippen molar-refractivity contribution in [2.24, 2.45) is 0 Å². The van der Waals surface area contributed by atoms with Crippen LogP contribution >= 0.6 is 34.5 Å². The van der Waals surface area contributed by atoms with E-state index >= 15 is 0 Å². The molecule has 2 aromatic carbocycles. The Morgan fingerprint density at radius 1 is 1.08 bits per heavy atom. The van der Waals surface area contributed by atoms with Crippen LogP contribution in [0.4, 0.5) is 5.69 Å². The molecule has 4 nitrogen and oxygen atoms in total. The molecule has 3 aromatic rings. The highest BCUT2D eigenvalue weighted by Crippen LogP contribution is 2.30. The van der Waals surface area contributed by atoms with E-state index in [0.717, 1.165) is 21.8 Å². The minimum absolute atomic E-state index is 0.228. The van der Waals surface area contributed by atoms with E-state index in [1.807, 2.05) is 41.8 Å². The molecule has 0 saturated heterocycles. The van der Waals surface area contributed by atoms with E-state index in [1.54, 1.807) is 19.2 Å². The predicted molar refractivity (Wildman–Crippen MR) is 104 cm³/mol. The lowest BCUT2D eigenvalue weighted by Crippen LogP contribution is -2.30. The lowest BCUT2D eigenvalue weighted by atomic mass is 10.1. The number of hydrogen-bond donors (Lipinski definition) is 1. The van der Waals surface area contributed by atoms with Crippen LogP contribution in [0.15, 0.2) is 53.9 Å². The fourth-order valence-electron chi connectivity index (χ4n) is 2.27. The zero-order chi connectivity index (χ0) is 18.0. The first-order valence-electron chi connectivity index (χ1n) is 7.37. The minimum atomic E-state index is -1.09. The van der Waals surface area contributed by atoms with Crippen molar-refractivity contribution in [3.8, 4) is 27.6 Å². The molecule has 1 amide bonds. The normalized spacial score (nSPS) is 10.9. The zero-order valence-corrected chi connectivity index (χ0v) is 15.5. The number of rotatable bonds is 4. The van der Waals surface area contributed by atoms with Crippen molar-refractivity contribution in [3.63, 3.8) is 0 Å². The molecule has 1 heterocycles. The first kappa shape index (κ1) is 17.7. The summed E-state index contributed by atoms with van der Waals surface area (Å²) in [4.78, 5) is 16.8. The van der Waals surface area contributed by atoms with E-state index in [-0.39, 0.29) is 11.7 Å². The third-order valence-corrected chi connectivity index (χ3v) is 4.95. The molecule has 0 atom stereocenters. The molecule has 128 valence electrons. The molecule has 3 rings (SSSR count). The molecule has 0 aliphatic carbocycles. The molecule has 0 aliphatic rings. The van der Waals surface area contributed by atoms with Crippen LogP contribution in [-0.2, 0) is 4.79 Å². The van der Waals surface area contributed by atoms with Gasteiger partial charge in [0.05, 0.1) is 5.69 Å². The predicted octanol–water partition coefficient (Wildman–Crippen LogP) is 4.95. The van der Waals surface area contributed by atoms with E-state index < -0.39 is 4.84 Å². The third kappa shape index (κ3) is 3.95. The molecule has 0 unspecified atom stereocenters. The molecule has 0 spiro atoms. The zero-order valence-electron chi connectivity index (χ0n) is 13.2. The van der Waals surface area contributed by atoms with E-state index in [1.165, 1.54) is 16.2 Å². The molecule has 0 saturated carbocycles. The smallest absolute Gasteiger partial charge is 0.260 e. The van der Waals surface area contributed by atoms with Gasteiger partial charge in [-0.2, -0.15) is 0 Å². The average molecular weight is 393 g/mol. The van der Waals surface area contributed by atoms with E-state index in [2.05, 4.69) is 4.98 Å². The van der Waals surface area contributed by atoms with Gasteiger partial charge in [-0.3, -0.25) is 4.79 Å². The number of nitrogens with zero attached hydrogens (tertiary/aromatic N) is 2. The number of benzene rings is 2. The second-order valence-electron chi connectivity index (χ2n) is 5.33. The van der Waals surface area contributed by atoms with Crippen molar-refractivity contribution >= 4 is 46.1 Å². The van der Waals surface area contributed by atoms with Gasteiger partial charge < -0.3 is 10.0 Å². The van der Waals surface area contributed by atoms with Crippen LogP contribution in [0.1, 0.15) is 0 Å². The molecule has 7 heteroatoms. The number of amides is 1. The van der Waals surface area contributed by atoms with Crippen LogP contribution in [0.5, 0.6) is 5.75 Å². The van der Waals surface area contributed by atoms with Crippen molar-refractivity contribution in [1.82, 2.24) is 4.98 Å². The fraction of sp³-hybridized carbons (Fsp3) is 0.111. The van der Waals surface area contributed by atoms with Gasteiger partial charge in [0.2, 0.25) is 0 Å². The summed E-state index contributed by atoms with van der Waals surface area (Å²) in [7, 11) is 1.63. The van der Waals surface area contributed by atoms with Gasteiger partial charge in [-0.15, -0.1) is 11.3 Å². The number of phenols is 1. The summed E-state index contributed by atoms with van der Waals surface area (Å²) >= 11 is 12.8. The van der Waals surface area contributed by atoms with Crippen molar-refractivity contribution in [2.45, 2.75) is 4.84 Å². The van der Waals surface area contributed by atoms with Gasteiger partial charge in [0, 0.05) is 29.2 Å². The Morgan fingerprint density at radius 2 is 1.68 bits per heavy atom. The van der Waals surface area contributed by atoms with Gasteiger partial charge in [-0.1, -0.05) is 35.3 Å². The number of phenolic OH excluding ortho intramolecular Hbond substituents is 1. The topological polar surface area (TPSA) is 53.4 Å². The molecule has 0 radical (unpaired) electrons. The van der Waals surface area contributed by atoms with Gasteiger partial charge in [0.15, 0.2) is 4.84 Å². The largest absolute Gasteiger partial charge is 0.508 e. The highest BCUT2D eigenvalue weighted by atomic mass is 35.5. The number of hydrogen-bond acceptors (Lipinski definition) is 4. The van der Waals surface area contributed by atoms with E-state index in [0.29, 0.717) is 5.69 Å². The summed E-state index contributed by atoms with van der Waals surface area (Å²) in [6, 6.07) is 14.4. The molecule has 1 aromatic heterocycles. The highest BCUT2D eigenvalue weighted by Gasteiger charge is 2.18. The van der Waals surface area contributed by atoms with Gasteiger partial charge in [0.1, 0.15) is 10.8 Å². The maximum Gasteiger partial charge on any atom is 0.260 e. The minimum Gasteiger partial charge on any atom is -0.508 e. The van der Waals surface area contributed by atoms with Crippen molar-refractivity contribution in [1.29, 1.82) is 0 Å². The summed E-state index contributed by atoms with van der Waals surface area (Å²) in [5.41, 5.74) is 3.45. The van der Waals surface area contributed by atoms with Crippen molar-refractivity contribution in [3.05, 3.63) is 53.9 Å². The second-order valence-corrected chi connectivity index (χ2v) is 7.28. The molecular weight excluding hydrogens is 379 g/mol. The van der Waals surface area contributed by atoms with E-state index in [4.69, 9.17) is 23.2 Å². The molecule has 25 heavy (non-hydrogen) atoms. The Bertz CT molecular complexity index is 877. The fourth-order valence-corrected chi connectivity index (χ4v) is 3.40. The Balaban J connectivity index is 1.81. The van der Waals surface area contributed by atoms with Crippen molar-refractivity contribution < 1.29 is 9.90 Å². The quantitative estimate of drug-likeness (QED) is 0.639. The lowest BCUT2D eigenvalue weighted by Gasteiger charge is -2.17. The maximum absolute atomic E-state index is 11.8. The number of carbonyl (C=O) groups is 1. The Labute approximate surface area is 159 Å². The monoisotopic (exact) mass is 392 g/mol. The summed E-state index contributed by atoms with van der Waals surface area (Å²) in [6.45, 7) is 0. The van der Waals surface area contributed by atoms with Crippen LogP contribution in [0.3, 0.4) is 0 Å². The maximum atomic E-state index is 11.8. The lowest BCUT2D eigenvalue weighted by molar-refractivity contribution is -0.116. The van der Waals surface area contributed by atoms with Gasteiger partial charge in [-0.25, -0.2) is 4.98 Å². The summed E-state index contributed by atoms with van der Waals surface area (Å²) < 4.78 is 0. The van der Waals surface area contributed by atoms with Gasteiger partial charge in [0.25, 0.3) is 5.91 Å². The highest BCUT2D eigenvalue weighted by molar-refractivity contribution is 7.13. The summed E-state index contributed by atoms with van der Waals surface area (Å²) in [5.74, 6) is -0.148. The average Bonchev–Trinajstić information content (AvgIpc) is 3.11. The third-order valence-electron chi connectivity index (χ3n) is 3.69. The number of halogens is 2. The van der Waals surface area contributed by atoms with Crippen molar-refractivity contribution in [2.75, 3.05) is 11.9 Å². The van der Waals surface area contributed by atoms with Crippen LogP contribution in [-0.4, -0.2) is 27.9 Å². The van der Waals surface area contributed by atoms with Gasteiger partial charge >= 0.3 is 0 Å². The number of aromatic nitrogens is 1.